The summed E-state index contributed by atoms with van der Waals surface area (Å²) in [5, 5.41) is 3.78. The molecule has 24 heavy (non-hydrogen) atoms. The van der Waals surface area contributed by atoms with Gasteiger partial charge >= 0.3 is 0 Å². The van der Waals surface area contributed by atoms with Crippen molar-refractivity contribution in [1.82, 2.24) is 0 Å². The minimum absolute atomic E-state index is 0.0410. The molecule has 2 aromatic rings. The molecule has 0 aromatic heterocycles. The van der Waals surface area contributed by atoms with Crippen molar-refractivity contribution in [3.8, 4) is 11.5 Å². The highest BCUT2D eigenvalue weighted by atomic mass is 35.5. The molecule has 1 unspecified atom stereocenters. The number of nitrogens with one attached hydrogen (secondary N) is 1. The summed E-state index contributed by atoms with van der Waals surface area (Å²) in [5.41, 5.74) is 1.60. The van der Waals surface area contributed by atoms with Crippen molar-refractivity contribution >= 4 is 34.5 Å². The fourth-order valence-corrected chi connectivity index (χ4v) is 2.87. The third-order valence-electron chi connectivity index (χ3n) is 3.73. The number of hydrogen-bond donors (Lipinski definition) is 1. The number of anilines is 1. The van der Waals surface area contributed by atoms with Gasteiger partial charge in [0.15, 0.2) is 11.5 Å². The molecular formula is C18H18ClNO3S. The first kappa shape index (κ1) is 17.0. The Bertz CT molecular complexity index is 732. The largest absolute Gasteiger partial charge is 0.493 e. The van der Waals surface area contributed by atoms with Crippen molar-refractivity contribution in [2.75, 3.05) is 25.6 Å². The van der Waals surface area contributed by atoms with Crippen LogP contribution in [0.25, 0.3) is 0 Å². The van der Waals surface area contributed by atoms with Crippen molar-refractivity contribution in [2.24, 2.45) is 0 Å². The second-order valence-corrected chi connectivity index (χ2v) is 6.22. The van der Waals surface area contributed by atoms with Gasteiger partial charge in [-0.05, 0) is 30.3 Å². The summed E-state index contributed by atoms with van der Waals surface area (Å²) in [6.45, 7) is 1.31. The van der Waals surface area contributed by atoms with E-state index in [1.165, 1.54) is 0 Å². The molecule has 0 aliphatic carbocycles. The van der Waals surface area contributed by atoms with Crippen LogP contribution in [0.1, 0.15) is 12.0 Å². The topological polar surface area (TPSA) is 39.7 Å². The number of benzene rings is 2. The maximum Gasteiger partial charge on any atom is 0.162 e. The lowest BCUT2D eigenvalue weighted by atomic mass is 10.2. The molecule has 0 saturated carbocycles. The number of hydrogen-bond acceptors (Lipinski definition) is 4. The number of methoxy groups -OCH3 is 1. The summed E-state index contributed by atoms with van der Waals surface area (Å²) >= 11 is 11.7. The van der Waals surface area contributed by atoms with Crippen molar-refractivity contribution in [3.63, 3.8) is 0 Å². The fourth-order valence-electron chi connectivity index (χ4n) is 2.45. The van der Waals surface area contributed by atoms with Crippen LogP contribution in [0.15, 0.2) is 42.5 Å². The third kappa shape index (κ3) is 3.98. The van der Waals surface area contributed by atoms with E-state index in [-0.39, 0.29) is 6.10 Å². The SMILES string of the molecule is COc1ccc(C(=S)Nc2ccccc2Cl)cc1OC1CCOC1. The van der Waals surface area contributed by atoms with Crippen LogP contribution in [-0.2, 0) is 4.74 Å². The van der Waals surface area contributed by atoms with Crippen LogP contribution in [0, 0.1) is 0 Å². The molecule has 1 heterocycles. The van der Waals surface area contributed by atoms with Gasteiger partial charge in [-0.15, -0.1) is 0 Å². The molecule has 0 spiro atoms. The molecule has 6 heteroatoms. The minimum atomic E-state index is 0.0410. The molecule has 0 bridgehead atoms. The zero-order valence-electron chi connectivity index (χ0n) is 13.3. The first-order valence-corrected chi connectivity index (χ1v) is 8.44. The average molecular weight is 364 g/mol. The van der Waals surface area contributed by atoms with E-state index >= 15 is 0 Å². The predicted molar refractivity (Wildman–Crippen MR) is 99.6 cm³/mol. The van der Waals surface area contributed by atoms with Gasteiger partial charge in [-0.3, -0.25) is 0 Å². The zero-order valence-corrected chi connectivity index (χ0v) is 14.8. The van der Waals surface area contributed by atoms with Gasteiger partial charge in [-0.1, -0.05) is 36.0 Å². The van der Waals surface area contributed by atoms with E-state index in [9.17, 15) is 0 Å². The predicted octanol–water partition coefficient (Wildman–Crippen LogP) is 4.30. The lowest BCUT2D eigenvalue weighted by molar-refractivity contribution is 0.138. The molecule has 1 saturated heterocycles. The van der Waals surface area contributed by atoms with Crippen LogP contribution < -0.4 is 14.8 Å². The van der Waals surface area contributed by atoms with Gasteiger partial charge in [0.05, 0.1) is 31.0 Å². The Kier molecular flexibility index (Phi) is 5.56. The fraction of sp³-hybridized carbons (Fsp3) is 0.278. The highest BCUT2D eigenvalue weighted by Crippen LogP contribution is 2.31. The normalized spacial score (nSPS) is 16.7. The van der Waals surface area contributed by atoms with Gasteiger partial charge < -0.3 is 19.5 Å². The molecule has 1 atom stereocenters. The van der Waals surface area contributed by atoms with Gasteiger partial charge in [0.2, 0.25) is 0 Å². The van der Waals surface area contributed by atoms with E-state index in [1.54, 1.807) is 7.11 Å². The first-order valence-electron chi connectivity index (χ1n) is 7.65. The molecule has 126 valence electrons. The van der Waals surface area contributed by atoms with E-state index in [0.717, 1.165) is 24.3 Å². The van der Waals surface area contributed by atoms with Crippen LogP contribution in [0.3, 0.4) is 0 Å². The van der Waals surface area contributed by atoms with Gasteiger partial charge in [0.1, 0.15) is 11.1 Å². The number of rotatable bonds is 5. The smallest absolute Gasteiger partial charge is 0.162 e. The van der Waals surface area contributed by atoms with Crippen LogP contribution >= 0.6 is 23.8 Å². The number of thiocarbonyl (C=S) groups is 1. The third-order valence-corrected chi connectivity index (χ3v) is 4.40. The van der Waals surface area contributed by atoms with Crippen molar-refractivity contribution < 1.29 is 14.2 Å². The molecule has 1 aliphatic rings. The Morgan fingerprint density at radius 3 is 2.79 bits per heavy atom. The summed E-state index contributed by atoms with van der Waals surface area (Å²) in [6.07, 6.45) is 0.912. The zero-order chi connectivity index (χ0) is 16.9. The standard InChI is InChI=1S/C18H18ClNO3S/c1-21-16-7-6-12(10-17(16)23-13-8-9-22-11-13)18(24)20-15-5-3-2-4-14(15)19/h2-7,10,13H,8-9,11H2,1H3,(H,20,24). The summed E-state index contributed by atoms with van der Waals surface area (Å²) in [5.74, 6) is 1.33. The highest BCUT2D eigenvalue weighted by Gasteiger charge is 2.19. The van der Waals surface area contributed by atoms with E-state index in [4.69, 9.17) is 38.0 Å². The number of halogens is 1. The van der Waals surface area contributed by atoms with Crippen molar-refractivity contribution in [2.45, 2.75) is 12.5 Å². The van der Waals surface area contributed by atoms with E-state index in [0.29, 0.717) is 28.1 Å². The average Bonchev–Trinajstić information content (AvgIpc) is 3.10. The van der Waals surface area contributed by atoms with Gasteiger partial charge in [0.25, 0.3) is 0 Å². The Balaban J connectivity index is 1.79. The van der Waals surface area contributed by atoms with Crippen LogP contribution in [0.4, 0.5) is 5.69 Å². The summed E-state index contributed by atoms with van der Waals surface area (Å²) < 4.78 is 16.7. The Hall–Kier alpha value is -1.82. The molecule has 1 fully saturated rings. The minimum Gasteiger partial charge on any atom is -0.493 e. The maximum absolute atomic E-state index is 6.17. The number of ether oxygens (including phenoxy) is 3. The maximum atomic E-state index is 6.17. The molecule has 1 N–H and O–H groups in total. The molecule has 3 rings (SSSR count). The highest BCUT2D eigenvalue weighted by molar-refractivity contribution is 7.81. The lowest BCUT2D eigenvalue weighted by Crippen LogP contribution is -2.17. The number of para-hydroxylation sites is 1. The van der Waals surface area contributed by atoms with Gasteiger partial charge in [-0.25, -0.2) is 0 Å². The first-order chi connectivity index (χ1) is 11.7. The van der Waals surface area contributed by atoms with Crippen LogP contribution in [0.2, 0.25) is 5.02 Å². The molecule has 0 amide bonds. The second kappa shape index (κ2) is 7.83. The Morgan fingerprint density at radius 1 is 1.25 bits per heavy atom. The van der Waals surface area contributed by atoms with Crippen molar-refractivity contribution in [3.05, 3.63) is 53.1 Å². The summed E-state index contributed by atoms with van der Waals surface area (Å²) in [7, 11) is 1.62. The van der Waals surface area contributed by atoms with Crippen LogP contribution in [0.5, 0.6) is 11.5 Å². The van der Waals surface area contributed by atoms with E-state index in [1.807, 2.05) is 42.5 Å². The summed E-state index contributed by atoms with van der Waals surface area (Å²) in [4.78, 5) is 0.568. The van der Waals surface area contributed by atoms with Gasteiger partial charge in [0, 0.05) is 12.0 Å². The van der Waals surface area contributed by atoms with E-state index < -0.39 is 0 Å². The van der Waals surface area contributed by atoms with Gasteiger partial charge in [-0.2, -0.15) is 0 Å². The van der Waals surface area contributed by atoms with E-state index in [2.05, 4.69) is 5.32 Å². The van der Waals surface area contributed by atoms with Crippen molar-refractivity contribution in [1.29, 1.82) is 0 Å². The quantitative estimate of drug-likeness (QED) is 0.802. The van der Waals surface area contributed by atoms with Crippen LogP contribution in [-0.4, -0.2) is 31.4 Å². The molecule has 2 aromatic carbocycles. The summed E-state index contributed by atoms with van der Waals surface area (Å²) in [6, 6.07) is 13.1. The molecular weight excluding hydrogens is 346 g/mol. The monoisotopic (exact) mass is 363 g/mol. The Labute approximate surface area is 151 Å². The molecule has 4 nitrogen and oxygen atoms in total. The second-order valence-electron chi connectivity index (χ2n) is 5.40. The lowest BCUT2D eigenvalue weighted by Gasteiger charge is -2.17. The molecule has 0 radical (unpaired) electrons. The molecule has 1 aliphatic heterocycles. The Morgan fingerprint density at radius 2 is 2.08 bits per heavy atom.